The van der Waals surface area contributed by atoms with Crippen molar-refractivity contribution in [2.24, 2.45) is 5.14 Å². The van der Waals surface area contributed by atoms with E-state index in [9.17, 15) is 26.4 Å². The summed E-state index contributed by atoms with van der Waals surface area (Å²) in [5.41, 5.74) is 0.0560. The molecule has 0 unspecified atom stereocenters. The van der Waals surface area contributed by atoms with Crippen molar-refractivity contribution in [1.82, 2.24) is 0 Å². The summed E-state index contributed by atoms with van der Waals surface area (Å²) in [4.78, 5) is 23.7. The molecule has 12 heteroatoms. The van der Waals surface area contributed by atoms with Gasteiger partial charge < -0.3 is 10.1 Å². The number of rotatable bonds is 6. The average Bonchev–Trinajstić information content (AvgIpc) is 2.58. The van der Waals surface area contributed by atoms with Crippen molar-refractivity contribution in [2.75, 3.05) is 18.2 Å². The molecule has 0 spiro atoms. The van der Waals surface area contributed by atoms with Gasteiger partial charge in [-0.2, -0.15) is 0 Å². The molecule has 2 rings (SSSR count). The maximum atomic E-state index is 12.1. The Morgan fingerprint density at radius 2 is 1.61 bits per heavy atom. The van der Waals surface area contributed by atoms with Crippen molar-refractivity contribution >= 4 is 49.0 Å². The predicted octanol–water partition coefficient (Wildman–Crippen LogP) is 1.19. The quantitative estimate of drug-likeness (QED) is 0.632. The topological polar surface area (TPSA) is 150 Å². The standard InChI is InChI=1S/C16H15ClN2O7S2/c1-27(22,23)12-6-7-14(17)13(8-12)16(21)26-9-15(20)19-10-2-4-11(5-3-10)28(18,24)25/h2-8H,9H2,1H3,(H,19,20)(H2,18,24,25). The molecule has 0 aliphatic carbocycles. The summed E-state index contributed by atoms with van der Waals surface area (Å²) in [6, 6.07) is 8.57. The Morgan fingerprint density at radius 3 is 2.14 bits per heavy atom. The first-order valence-electron chi connectivity index (χ1n) is 7.47. The largest absolute Gasteiger partial charge is 0.452 e. The second kappa shape index (κ2) is 8.27. The number of esters is 1. The van der Waals surface area contributed by atoms with Crippen LogP contribution in [0.2, 0.25) is 5.02 Å². The van der Waals surface area contributed by atoms with Crippen LogP contribution in [-0.2, 0) is 29.4 Å². The zero-order valence-electron chi connectivity index (χ0n) is 14.4. The molecule has 2 aromatic rings. The second-order valence-electron chi connectivity index (χ2n) is 5.61. The first-order valence-corrected chi connectivity index (χ1v) is 11.3. The number of nitrogens with two attached hydrogens (primary N) is 1. The molecule has 3 N–H and O–H groups in total. The number of ether oxygens (including phenoxy) is 1. The number of hydrogen-bond donors (Lipinski definition) is 2. The molecule has 150 valence electrons. The van der Waals surface area contributed by atoms with Gasteiger partial charge in [-0.15, -0.1) is 0 Å². The highest BCUT2D eigenvalue weighted by atomic mass is 35.5. The minimum Gasteiger partial charge on any atom is -0.452 e. The van der Waals surface area contributed by atoms with Gasteiger partial charge in [0.25, 0.3) is 5.91 Å². The van der Waals surface area contributed by atoms with Crippen LogP contribution in [0.3, 0.4) is 0 Å². The highest BCUT2D eigenvalue weighted by molar-refractivity contribution is 7.90. The van der Waals surface area contributed by atoms with E-state index >= 15 is 0 Å². The van der Waals surface area contributed by atoms with Crippen LogP contribution in [0.1, 0.15) is 10.4 Å². The van der Waals surface area contributed by atoms with E-state index in [1.165, 1.54) is 36.4 Å². The number of nitrogens with one attached hydrogen (secondary N) is 1. The lowest BCUT2D eigenvalue weighted by atomic mass is 10.2. The van der Waals surface area contributed by atoms with Gasteiger partial charge in [0.15, 0.2) is 16.4 Å². The van der Waals surface area contributed by atoms with Gasteiger partial charge in [-0.05, 0) is 42.5 Å². The molecular formula is C16H15ClN2O7S2. The molecule has 0 aliphatic rings. The minimum absolute atomic E-state index is 0.0311. The van der Waals surface area contributed by atoms with E-state index in [4.69, 9.17) is 21.5 Å². The van der Waals surface area contributed by atoms with E-state index < -0.39 is 38.3 Å². The van der Waals surface area contributed by atoms with Crippen LogP contribution in [0.5, 0.6) is 0 Å². The molecule has 0 fully saturated rings. The van der Waals surface area contributed by atoms with Crippen molar-refractivity contribution in [1.29, 1.82) is 0 Å². The Bertz CT molecular complexity index is 1130. The zero-order chi connectivity index (χ0) is 21.1. The summed E-state index contributed by atoms with van der Waals surface area (Å²) in [5, 5.41) is 7.34. The normalized spacial score (nSPS) is 11.7. The third-order valence-electron chi connectivity index (χ3n) is 3.39. The van der Waals surface area contributed by atoms with E-state index in [-0.39, 0.29) is 26.1 Å². The third-order valence-corrected chi connectivity index (χ3v) is 5.76. The number of carbonyl (C=O) groups excluding carboxylic acids is 2. The monoisotopic (exact) mass is 446 g/mol. The van der Waals surface area contributed by atoms with Crippen molar-refractivity contribution in [2.45, 2.75) is 9.79 Å². The second-order valence-corrected chi connectivity index (χ2v) is 9.59. The molecule has 0 bridgehead atoms. The molecule has 0 saturated heterocycles. The van der Waals surface area contributed by atoms with Gasteiger partial charge in [0, 0.05) is 11.9 Å². The SMILES string of the molecule is CS(=O)(=O)c1ccc(Cl)c(C(=O)OCC(=O)Nc2ccc(S(N)(=O)=O)cc2)c1. The number of amides is 1. The molecule has 0 atom stereocenters. The number of halogens is 1. The fraction of sp³-hybridized carbons (Fsp3) is 0.125. The third kappa shape index (κ3) is 5.76. The number of anilines is 1. The number of sulfonamides is 1. The minimum atomic E-state index is -3.86. The number of carbonyl (C=O) groups is 2. The van der Waals surface area contributed by atoms with Crippen molar-refractivity contribution < 1.29 is 31.2 Å². The van der Waals surface area contributed by atoms with Crippen LogP contribution in [0.4, 0.5) is 5.69 Å². The van der Waals surface area contributed by atoms with Crippen LogP contribution < -0.4 is 10.5 Å². The van der Waals surface area contributed by atoms with Crippen LogP contribution in [-0.4, -0.2) is 41.6 Å². The van der Waals surface area contributed by atoms with Gasteiger partial charge in [0.05, 0.1) is 20.4 Å². The van der Waals surface area contributed by atoms with E-state index in [1.807, 2.05) is 0 Å². The predicted molar refractivity (Wildman–Crippen MR) is 101 cm³/mol. The smallest absolute Gasteiger partial charge is 0.340 e. The average molecular weight is 447 g/mol. The summed E-state index contributed by atoms with van der Waals surface area (Å²) in [6.45, 7) is -0.671. The lowest BCUT2D eigenvalue weighted by Gasteiger charge is -2.09. The van der Waals surface area contributed by atoms with E-state index in [0.29, 0.717) is 0 Å². The first kappa shape index (κ1) is 21.8. The van der Waals surface area contributed by atoms with E-state index in [1.54, 1.807) is 0 Å². The van der Waals surface area contributed by atoms with E-state index in [0.717, 1.165) is 12.3 Å². The maximum absolute atomic E-state index is 12.1. The number of hydrogen-bond acceptors (Lipinski definition) is 7. The Kier molecular flexibility index (Phi) is 6.44. The van der Waals surface area contributed by atoms with Crippen molar-refractivity contribution in [3.63, 3.8) is 0 Å². The molecular weight excluding hydrogens is 432 g/mol. The van der Waals surface area contributed by atoms with Crippen molar-refractivity contribution in [3.05, 3.63) is 53.1 Å². The summed E-state index contributed by atoms with van der Waals surface area (Å²) in [5.74, 6) is -1.68. The molecule has 1 amide bonds. The lowest BCUT2D eigenvalue weighted by Crippen LogP contribution is -2.21. The fourth-order valence-electron chi connectivity index (χ4n) is 2.03. The summed E-state index contributed by atoms with van der Waals surface area (Å²) in [7, 11) is -7.41. The summed E-state index contributed by atoms with van der Waals surface area (Å²) >= 11 is 5.88. The first-order chi connectivity index (χ1) is 12.9. The molecule has 9 nitrogen and oxygen atoms in total. The highest BCUT2D eigenvalue weighted by Gasteiger charge is 2.18. The van der Waals surface area contributed by atoms with Gasteiger partial charge >= 0.3 is 5.97 Å². The van der Waals surface area contributed by atoms with Crippen LogP contribution in [0, 0.1) is 0 Å². The maximum Gasteiger partial charge on any atom is 0.340 e. The molecule has 0 aliphatic heterocycles. The lowest BCUT2D eigenvalue weighted by molar-refractivity contribution is -0.119. The van der Waals surface area contributed by atoms with Crippen molar-refractivity contribution in [3.8, 4) is 0 Å². The molecule has 28 heavy (non-hydrogen) atoms. The number of primary sulfonamides is 1. The van der Waals surface area contributed by atoms with Gasteiger partial charge in [0.2, 0.25) is 10.0 Å². The number of benzene rings is 2. The zero-order valence-corrected chi connectivity index (χ0v) is 16.8. The Balaban J connectivity index is 2.02. The van der Waals surface area contributed by atoms with Gasteiger partial charge in [-0.25, -0.2) is 26.8 Å². The van der Waals surface area contributed by atoms with Gasteiger partial charge in [0.1, 0.15) is 0 Å². The fourth-order valence-corrected chi connectivity index (χ4v) is 3.38. The van der Waals surface area contributed by atoms with Gasteiger partial charge in [-0.3, -0.25) is 4.79 Å². The Hall–Kier alpha value is -2.47. The summed E-state index contributed by atoms with van der Waals surface area (Å²) < 4.78 is 50.3. The van der Waals surface area contributed by atoms with Crippen LogP contribution in [0.15, 0.2) is 52.3 Å². The molecule has 2 aromatic carbocycles. The van der Waals surface area contributed by atoms with E-state index in [2.05, 4.69) is 5.32 Å². The number of sulfone groups is 1. The Labute approximate surface area is 166 Å². The highest BCUT2D eigenvalue weighted by Crippen LogP contribution is 2.21. The van der Waals surface area contributed by atoms with Gasteiger partial charge in [-0.1, -0.05) is 11.6 Å². The molecule has 0 aromatic heterocycles. The molecule has 0 saturated carbocycles. The van der Waals surface area contributed by atoms with Crippen LogP contribution >= 0.6 is 11.6 Å². The molecule has 0 heterocycles. The Morgan fingerprint density at radius 1 is 1.04 bits per heavy atom. The van der Waals surface area contributed by atoms with Crippen LogP contribution in [0.25, 0.3) is 0 Å². The summed E-state index contributed by atoms with van der Waals surface area (Å²) in [6.07, 6.45) is 0.972. The molecule has 0 radical (unpaired) electrons.